The Morgan fingerprint density at radius 3 is 2.62 bits per heavy atom. The average Bonchev–Trinajstić information content (AvgIpc) is 1.83. The van der Waals surface area contributed by atoms with Gasteiger partial charge in [0, 0.05) is 0 Å². The van der Waals surface area contributed by atoms with Gasteiger partial charge >= 0.3 is 0 Å². The van der Waals surface area contributed by atoms with E-state index in [1.807, 2.05) is 6.92 Å². The molecule has 1 radical (unpaired) electrons. The van der Waals surface area contributed by atoms with Crippen molar-refractivity contribution < 1.29 is 9.90 Å². The van der Waals surface area contributed by atoms with E-state index < -0.39 is 6.10 Å². The van der Waals surface area contributed by atoms with E-state index in [1.165, 1.54) is 0 Å². The predicted octanol–water partition coefficient (Wildman–Crippen LogP) is 1.17. The Hall–Kier alpha value is -0.370. The highest BCUT2D eigenvalue weighted by molar-refractivity contribution is 5.55. The van der Waals surface area contributed by atoms with Crippen LogP contribution in [0.2, 0.25) is 0 Å². The fraction of sp³-hybridized carbons (Fsp3) is 0.833. The Bertz CT molecular complexity index is 61.5. The van der Waals surface area contributed by atoms with Crippen LogP contribution in [0.25, 0.3) is 0 Å². The second-order valence-electron chi connectivity index (χ2n) is 1.82. The molecular formula is C6H11O2. The molecule has 0 aliphatic heterocycles. The normalized spacial score (nSPS) is 13.2. The van der Waals surface area contributed by atoms with Crippen LogP contribution in [0.5, 0.6) is 0 Å². The van der Waals surface area contributed by atoms with E-state index in [9.17, 15) is 9.90 Å². The molecule has 0 amide bonds. The SMILES string of the molecule is CCCCC([O])C=O. The third-order valence-electron chi connectivity index (χ3n) is 0.994. The van der Waals surface area contributed by atoms with Gasteiger partial charge in [0.15, 0.2) is 6.29 Å². The molecule has 1 atom stereocenters. The zero-order valence-electron chi connectivity index (χ0n) is 5.09. The van der Waals surface area contributed by atoms with Crippen LogP contribution in [-0.2, 0) is 9.90 Å². The average molecular weight is 115 g/mol. The lowest BCUT2D eigenvalue weighted by Crippen LogP contribution is -2.04. The van der Waals surface area contributed by atoms with Crippen LogP contribution in [0.4, 0.5) is 0 Å². The van der Waals surface area contributed by atoms with Crippen LogP contribution in [-0.4, -0.2) is 12.4 Å². The summed E-state index contributed by atoms with van der Waals surface area (Å²) in [4.78, 5) is 9.70. The number of rotatable bonds is 4. The summed E-state index contributed by atoms with van der Waals surface area (Å²) in [7, 11) is 0. The summed E-state index contributed by atoms with van der Waals surface area (Å²) in [6.07, 6.45) is 1.85. The summed E-state index contributed by atoms with van der Waals surface area (Å²) in [6.45, 7) is 2.00. The van der Waals surface area contributed by atoms with Gasteiger partial charge in [-0.1, -0.05) is 19.8 Å². The second-order valence-corrected chi connectivity index (χ2v) is 1.82. The lowest BCUT2D eigenvalue weighted by atomic mass is 10.2. The van der Waals surface area contributed by atoms with Gasteiger partial charge < -0.3 is 4.79 Å². The molecule has 0 aromatic heterocycles. The molecule has 0 rings (SSSR count). The van der Waals surface area contributed by atoms with Gasteiger partial charge in [0.2, 0.25) is 0 Å². The molecule has 0 N–H and O–H groups in total. The zero-order valence-corrected chi connectivity index (χ0v) is 5.09. The Morgan fingerprint density at radius 2 is 2.25 bits per heavy atom. The summed E-state index contributed by atoms with van der Waals surface area (Å²) >= 11 is 0. The molecule has 1 unspecified atom stereocenters. The molecule has 0 spiro atoms. The maximum absolute atomic E-state index is 10.3. The Labute approximate surface area is 49.5 Å². The fourth-order valence-corrected chi connectivity index (χ4v) is 0.473. The first-order valence-electron chi connectivity index (χ1n) is 2.92. The van der Waals surface area contributed by atoms with Crippen molar-refractivity contribution in [2.75, 3.05) is 0 Å². The van der Waals surface area contributed by atoms with Crippen molar-refractivity contribution in [1.29, 1.82) is 0 Å². The third kappa shape index (κ3) is 3.81. The molecular weight excluding hydrogens is 104 g/mol. The lowest BCUT2D eigenvalue weighted by molar-refractivity contribution is -0.118. The minimum atomic E-state index is -0.977. The molecule has 0 aliphatic rings. The lowest BCUT2D eigenvalue weighted by Gasteiger charge is -1.94. The second kappa shape index (κ2) is 4.78. The molecule has 2 heteroatoms. The fourth-order valence-electron chi connectivity index (χ4n) is 0.473. The van der Waals surface area contributed by atoms with Crippen LogP contribution in [0.1, 0.15) is 26.2 Å². The van der Waals surface area contributed by atoms with Crippen molar-refractivity contribution in [2.45, 2.75) is 32.3 Å². The summed E-state index contributed by atoms with van der Waals surface area (Å²) in [5, 5.41) is 10.3. The highest BCUT2D eigenvalue weighted by Crippen LogP contribution is 1.96. The number of hydrogen-bond donors (Lipinski definition) is 0. The van der Waals surface area contributed by atoms with E-state index in [0.29, 0.717) is 12.7 Å². The van der Waals surface area contributed by atoms with Crippen molar-refractivity contribution in [1.82, 2.24) is 0 Å². The molecule has 0 fully saturated rings. The minimum Gasteiger partial charge on any atom is -0.300 e. The van der Waals surface area contributed by atoms with Crippen molar-refractivity contribution in [3.63, 3.8) is 0 Å². The maximum Gasteiger partial charge on any atom is 0.152 e. The number of unbranched alkanes of at least 4 members (excludes halogenated alkanes) is 1. The molecule has 0 bridgehead atoms. The molecule has 0 saturated carbocycles. The van der Waals surface area contributed by atoms with E-state index in [0.717, 1.165) is 12.8 Å². The molecule has 0 aromatic carbocycles. The molecule has 0 saturated heterocycles. The number of carbonyl (C=O) groups excluding carboxylic acids is 1. The van der Waals surface area contributed by atoms with Gasteiger partial charge in [0.1, 0.15) is 6.10 Å². The van der Waals surface area contributed by atoms with Gasteiger partial charge in [0.25, 0.3) is 0 Å². The monoisotopic (exact) mass is 115 g/mol. The molecule has 2 nitrogen and oxygen atoms in total. The first-order valence-corrected chi connectivity index (χ1v) is 2.92. The highest BCUT2D eigenvalue weighted by atomic mass is 16.3. The van der Waals surface area contributed by atoms with Crippen molar-refractivity contribution >= 4 is 6.29 Å². The van der Waals surface area contributed by atoms with Crippen LogP contribution in [0, 0.1) is 0 Å². The topological polar surface area (TPSA) is 37.0 Å². The smallest absolute Gasteiger partial charge is 0.152 e. The number of hydrogen-bond acceptors (Lipinski definition) is 1. The van der Waals surface area contributed by atoms with Crippen LogP contribution in [0.3, 0.4) is 0 Å². The summed E-state index contributed by atoms with van der Waals surface area (Å²) < 4.78 is 0. The Morgan fingerprint density at radius 1 is 1.62 bits per heavy atom. The first-order chi connectivity index (χ1) is 3.81. The summed E-state index contributed by atoms with van der Waals surface area (Å²) in [6, 6.07) is 0. The molecule has 0 aromatic rings. The zero-order chi connectivity index (χ0) is 6.41. The Kier molecular flexibility index (Phi) is 4.56. The number of aldehydes is 1. The van der Waals surface area contributed by atoms with E-state index in [1.54, 1.807) is 0 Å². The van der Waals surface area contributed by atoms with Gasteiger partial charge in [-0.05, 0) is 6.42 Å². The van der Waals surface area contributed by atoms with E-state index in [2.05, 4.69) is 0 Å². The molecule has 8 heavy (non-hydrogen) atoms. The summed E-state index contributed by atoms with van der Waals surface area (Å²) in [5.74, 6) is 0. The molecule has 0 heterocycles. The third-order valence-corrected chi connectivity index (χ3v) is 0.994. The molecule has 47 valence electrons. The maximum atomic E-state index is 10.3. The van der Waals surface area contributed by atoms with Crippen LogP contribution < -0.4 is 0 Å². The van der Waals surface area contributed by atoms with E-state index in [4.69, 9.17) is 0 Å². The quantitative estimate of drug-likeness (QED) is 0.507. The van der Waals surface area contributed by atoms with E-state index >= 15 is 0 Å². The standard InChI is InChI=1S/C6H11O2/c1-2-3-4-6(8)5-7/h5-6H,2-4H2,1H3. The van der Waals surface area contributed by atoms with Gasteiger partial charge in [0.05, 0.1) is 0 Å². The predicted molar refractivity (Wildman–Crippen MR) is 30.1 cm³/mol. The first kappa shape index (κ1) is 7.63. The van der Waals surface area contributed by atoms with Gasteiger partial charge in [-0.15, -0.1) is 0 Å². The van der Waals surface area contributed by atoms with E-state index in [-0.39, 0.29) is 0 Å². The van der Waals surface area contributed by atoms with Crippen LogP contribution in [0.15, 0.2) is 0 Å². The Balaban J connectivity index is 2.98. The molecule has 0 aliphatic carbocycles. The minimum absolute atomic E-state index is 0.468. The largest absolute Gasteiger partial charge is 0.300 e. The van der Waals surface area contributed by atoms with Crippen molar-refractivity contribution in [3.8, 4) is 0 Å². The van der Waals surface area contributed by atoms with Crippen molar-refractivity contribution in [2.24, 2.45) is 0 Å². The van der Waals surface area contributed by atoms with Gasteiger partial charge in [-0.25, -0.2) is 5.11 Å². The van der Waals surface area contributed by atoms with Crippen molar-refractivity contribution in [3.05, 3.63) is 0 Å². The number of carbonyl (C=O) groups is 1. The van der Waals surface area contributed by atoms with Gasteiger partial charge in [-0.3, -0.25) is 0 Å². The highest BCUT2D eigenvalue weighted by Gasteiger charge is 1.99. The van der Waals surface area contributed by atoms with Crippen LogP contribution >= 0.6 is 0 Å². The van der Waals surface area contributed by atoms with Gasteiger partial charge in [-0.2, -0.15) is 0 Å². The summed E-state index contributed by atoms with van der Waals surface area (Å²) in [5.41, 5.74) is 0.